The highest BCUT2D eigenvalue weighted by atomic mass is 19.1. The van der Waals surface area contributed by atoms with E-state index in [4.69, 9.17) is 9.47 Å². The molecule has 5 nitrogen and oxygen atoms in total. The van der Waals surface area contributed by atoms with Gasteiger partial charge in [-0.05, 0) is 12.1 Å². The molecule has 0 atom stereocenters. The minimum Gasteiger partial charge on any atom is -0.383 e. The summed E-state index contributed by atoms with van der Waals surface area (Å²) in [6.45, 7) is 2.05. The van der Waals surface area contributed by atoms with Gasteiger partial charge in [0.1, 0.15) is 11.6 Å². The van der Waals surface area contributed by atoms with Crippen LogP contribution in [0.15, 0.2) is 18.2 Å². The Balaban J connectivity index is 2.57. The zero-order valence-electron chi connectivity index (χ0n) is 12.2. The molecule has 1 amide bonds. The van der Waals surface area contributed by atoms with Crippen LogP contribution in [0.3, 0.4) is 0 Å². The van der Waals surface area contributed by atoms with Crippen molar-refractivity contribution >= 4 is 11.6 Å². The fourth-order valence-electron chi connectivity index (χ4n) is 1.70. The first kappa shape index (κ1) is 17.5. The Morgan fingerprint density at radius 3 is 2.38 bits per heavy atom. The topological polar surface area (TPSA) is 50.8 Å². The summed E-state index contributed by atoms with van der Waals surface area (Å²) in [7, 11) is 3.13. The summed E-state index contributed by atoms with van der Waals surface area (Å²) < 4.78 is 36.4. The van der Waals surface area contributed by atoms with Gasteiger partial charge in [0, 0.05) is 33.4 Å². The number of methoxy groups -OCH3 is 2. The minimum atomic E-state index is -0.676. The van der Waals surface area contributed by atoms with E-state index in [2.05, 4.69) is 5.32 Å². The van der Waals surface area contributed by atoms with Crippen LogP contribution in [0.2, 0.25) is 0 Å². The van der Waals surface area contributed by atoms with Crippen molar-refractivity contribution in [1.82, 2.24) is 4.90 Å². The molecule has 0 aromatic heterocycles. The molecular formula is C14H20F2N2O3. The highest BCUT2D eigenvalue weighted by Gasteiger charge is 2.13. The zero-order valence-corrected chi connectivity index (χ0v) is 12.2. The van der Waals surface area contributed by atoms with Crippen molar-refractivity contribution in [2.24, 2.45) is 0 Å². The third-order valence-electron chi connectivity index (χ3n) is 2.79. The Labute approximate surface area is 122 Å². The SMILES string of the molecule is COCCN(CCOC)CC(=O)Nc1cc(F)ccc1F. The lowest BCUT2D eigenvalue weighted by atomic mass is 10.3. The molecule has 0 saturated heterocycles. The summed E-state index contributed by atoms with van der Waals surface area (Å²) in [6.07, 6.45) is 0. The third kappa shape index (κ3) is 6.61. The van der Waals surface area contributed by atoms with E-state index in [1.54, 1.807) is 19.1 Å². The minimum absolute atomic E-state index is 0.0443. The van der Waals surface area contributed by atoms with Crippen LogP contribution in [0.4, 0.5) is 14.5 Å². The van der Waals surface area contributed by atoms with Gasteiger partial charge in [0.25, 0.3) is 0 Å². The molecule has 0 aliphatic heterocycles. The quantitative estimate of drug-likeness (QED) is 0.751. The van der Waals surface area contributed by atoms with Crippen molar-refractivity contribution in [2.75, 3.05) is 52.4 Å². The number of anilines is 1. The molecule has 0 fully saturated rings. The molecule has 0 spiro atoms. The summed E-state index contributed by atoms with van der Waals surface area (Å²) in [5.74, 6) is -1.71. The number of benzene rings is 1. The van der Waals surface area contributed by atoms with Crippen LogP contribution in [0.25, 0.3) is 0 Å². The normalized spacial score (nSPS) is 10.9. The second-order valence-corrected chi connectivity index (χ2v) is 4.43. The summed E-state index contributed by atoms with van der Waals surface area (Å²) in [5, 5.41) is 2.36. The van der Waals surface area contributed by atoms with E-state index in [0.717, 1.165) is 18.2 Å². The second-order valence-electron chi connectivity index (χ2n) is 4.43. The molecule has 1 aromatic carbocycles. The van der Waals surface area contributed by atoms with E-state index in [-0.39, 0.29) is 12.2 Å². The molecule has 0 unspecified atom stereocenters. The highest BCUT2D eigenvalue weighted by Crippen LogP contribution is 2.15. The zero-order chi connectivity index (χ0) is 15.7. The Kier molecular flexibility index (Phi) is 7.81. The van der Waals surface area contributed by atoms with E-state index in [1.165, 1.54) is 0 Å². The van der Waals surface area contributed by atoms with Crippen molar-refractivity contribution in [2.45, 2.75) is 0 Å². The summed E-state index contributed by atoms with van der Waals surface area (Å²) in [5.41, 5.74) is -0.168. The van der Waals surface area contributed by atoms with Gasteiger partial charge in [-0.2, -0.15) is 0 Å². The Bertz CT molecular complexity index is 450. The first-order valence-corrected chi connectivity index (χ1v) is 6.52. The van der Waals surface area contributed by atoms with Gasteiger partial charge in [0.2, 0.25) is 5.91 Å². The van der Waals surface area contributed by atoms with Crippen molar-refractivity contribution < 1.29 is 23.0 Å². The third-order valence-corrected chi connectivity index (χ3v) is 2.79. The lowest BCUT2D eigenvalue weighted by Crippen LogP contribution is -2.37. The molecule has 0 heterocycles. The van der Waals surface area contributed by atoms with Crippen LogP contribution in [0, 0.1) is 11.6 Å². The van der Waals surface area contributed by atoms with E-state index in [0.29, 0.717) is 26.3 Å². The number of nitrogens with one attached hydrogen (secondary N) is 1. The lowest BCUT2D eigenvalue weighted by molar-refractivity contribution is -0.117. The van der Waals surface area contributed by atoms with Gasteiger partial charge in [0.05, 0.1) is 25.4 Å². The number of carbonyl (C=O) groups excluding carboxylic acids is 1. The molecule has 1 N–H and O–H groups in total. The predicted octanol–water partition coefficient (Wildman–Crippen LogP) is 1.50. The van der Waals surface area contributed by atoms with Crippen LogP contribution in [0.5, 0.6) is 0 Å². The van der Waals surface area contributed by atoms with Gasteiger partial charge in [-0.25, -0.2) is 8.78 Å². The standard InChI is InChI=1S/C14H20F2N2O3/c1-20-7-5-18(6-8-21-2)10-14(19)17-13-9-11(15)3-4-12(13)16/h3-4,9H,5-8,10H2,1-2H3,(H,17,19). The van der Waals surface area contributed by atoms with Crippen molar-refractivity contribution in [1.29, 1.82) is 0 Å². The van der Waals surface area contributed by atoms with Crippen LogP contribution < -0.4 is 5.32 Å². The molecule has 0 aliphatic rings. The number of amides is 1. The summed E-state index contributed by atoms with van der Waals surface area (Å²) in [4.78, 5) is 13.7. The Hall–Kier alpha value is -1.57. The van der Waals surface area contributed by atoms with E-state index < -0.39 is 17.5 Å². The summed E-state index contributed by atoms with van der Waals surface area (Å²) >= 11 is 0. The molecule has 21 heavy (non-hydrogen) atoms. The molecule has 0 radical (unpaired) electrons. The molecular weight excluding hydrogens is 282 g/mol. The van der Waals surface area contributed by atoms with Gasteiger partial charge in [-0.1, -0.05) is 0 Å². The monoisotopic (exact) mass is 302 g/mol. The maximum atomic E-state index is 13.4. The molecule has 118 valence electrons. The largest absolute Gasteiger partial charge is 0.383 e. The van der Waals surface area contributed by atoms with Crippen molar-refractivity contribution in [3.63, 3.8) is 0 Å². The number of hydrogen-bond donors (Lipinski definition) is 1. The summed E-state index contributed by atoms with van der Waals surface area (Å²) in [6, 6.07) is 2.91. The van der Waals surface area contributed by atoms with E-state index >= 15 is 0 Å². The number of halogens is 2. The lowest BCUT2D eigenvalue weighted by Gasteiger charge is -2.21. The van der Waals surface area contributed by atoms with Crippen LogP contribution >= 0.6 is 0 Å². The van der Waals surface area contributed by atoms with Crippen LogP contribution in [-0.4, -0.2) is 57.9 Å². The number of nitrogens with zero attached hydrogens (tertiary/aromatic N) is 1. The van der Waals surface area contributed by atoms with Crippen molar-refractivity contribution in [3.8, 4) is 0 Å². The smallest absolute Gasteiger partial charge is 0.238 e. The molecule has 1 rings (SSSR count). The van der Waals surface area contributed by atoms with Gasteiger partial charge in [-0.15, -0.1) is 0 Å². The fourth-order valence-corrected chi connectivity index (χ4v) is 1.70. The van der Waals surface area contributed by atoms with E-state index in [9.17, 15) is 13.6 Å². The maximum Gasteiger partial charge on any atom is 0.238 e. The number of carbonyl (C=O) groups is 1. The average molecular weight is 302 g/mol. The van der Waals surface area contributed by atoms with Crippen LogP contribution in [0.1, 0.15) is 0 Å². The number of hydrogen-bond acceptors (Lipinski definition) is 4. The van der Waals surface area contributed by atoms with Crippen LogP contribution in [-0.2, 0) is 14.3 Å². The first-order valence-electron chi connectivity index (χ1n) is 6.52. The molecule has 1 aromatic rings. The van der Waals surface area contributed by atoms with Crippen molar-refractivity contribution in [3.05, 3.63) is 29.8 Å². The average Bonchev–Trinajstić information content (AvgIpc) is 2.45. The second kappa shape index (κ2) is 9.38. The fraction of sp³-hybridized carbons (Fsp3) is 0.500. The Morgan fingerprint density at radius 1 is 1.19 bits per heavy atom. The maximum absolute atomic E-state index is 13.4. The van der Waals surface area contributed by atoms with Gasteiger partial charge >= 0.3 is 0 Å². The van der Waals surface area contributed by atoms with Gasteiger partial charge in [0.15, 0.2) is 0 Å². The molecule has 0 aliphatic carbocycles. The highest BCUT2D eigenvalue weighted by molar-refractivity contribution is 5.92. The molecule has 0 bridgehead atoms. The molecule has 0 saturated carbocycles. The number of ether oxygens (including phenoxy) is 2. The first-order chi connectivity index (χ1) is 10.1. The molecule has 7 heteroatoms. The van der Waals surface area contributed by atoms with Gasteiger partial charge < -0.3 is 14.8 Å². The Morgan fingerprint density at radius 2 is 1.81 bits per heavy atom. The van der Waals surface area contributed by atoms with E-state index in [1.807, 2.05) is 0 Å². The van der Waals surface area contributed by atoms with Gasteiger partial charge in [-0.3, -0.25) is 9.69 Å². The number of rotatable bonds is 9. The predicted molar refractivity (Wildman–Crippen MR) is 75.2 cm³/mol.